The van der Waals surface area contributed by atoms with Crippen molar-refractivity contribution in [1.29, 1.82) is 0 Å². The molecule has 1 amide bonds. The maximum Gasteiger partial charge on any atom is 0.246 e. The Morgan fingerprint density at radius 3 is 2.77 bits per heavy atom. The van der Waals surface area contributed by atoms with Gasteiger partial charge in [-0.05, 0) is 78.8 Å². The molecule has 2 aromatic heterocycles. The number of carbonyl (C=O) groups is 1. The summed E-state index contributed by atoms with van der Waals surface area (Å²) in [6, 6.07) is 11.5. The lowest BCUT2D eigenvalue weighted by atomic mass is 9.89. The molecule has 3 aliphatic rings. The van der Waals surface area contributed by atoms with Crippen molar-refractivity contribution in [2.75, 3.05) is 40.0 Å². The van der Waals surface area contributed by atoms with Crippen LogP contribution in [0.25, 0.3) is 33.6 Å². The van der Waals surface area contributed by atoms with E-state index in [-0.39, 0.29) is 17.8 Å². The zero-order chi connectivity index (χ0) is 30.2. The Balaban J connectivity index is 1.38. The molecule has 0 radical (unpaired) electrons. The number of benzene rings is 2. The van der Waals surface area contributed by atoms with Crippen LogP contribution in [0.5, 0.6) is 5.75 Å². The van der Waals surface area contributed by atoms with E-state index in [9.17, 15) is 9.18 Å². The first-order chi connectivity index (χ1) is 21.5. The van der Waals surface area contributed by atoms with Crippen LogP contribution in [0, 0.1) is 5.82 Å². The van der Waals surface area contributed by atoms with Gasteiger partial charge in [-0.15, -0.1) is 0 Å². The quantitative estimate of drug-likeness (QED) is 0.214. The fourth-order valence-corrected chi connectivity index (χ4v) is 6.67. The molecule has 44 heavy (non-hydrogen) atoms. The van der Waals surface area contributed by atoms with E-state index < -0.39 is 0 Å². The number of aromatic nitrogens is 3. The van der Waals surface area contributed by atoms with Crippen LogP contribution < -0.4 is 10.1 Å². The Morgan fingerprint density at radius 1 is 1.07 bits per heavy atom. The number of hydrogen-bond donors (Lipinski definition) is 1. The summed E-state index contributed by atoms with van der Waals surface area (Å²) >= 11 is 0. The van der Waals surface area contributed by atoms with Gasteiger partial charge < -0.3 is 19.7 Å². The van der Waals surface area contributed by atoms with Gasteiger partial charge in [0.05, 0.1) is 30.2 Å². The van der Waals surface area contributed by atoms with Crippen LogP contribution in [0.3, 0.4) is 0 Å². The molecule has 0 atom stereocenters. The summed E-state index contributed by atoms with van der Waals surface area (Å²) in [5, 5.41) is 8.18. The second-order valence-corrected chi connectivity index (χ2v) is 11.7. The Kier molecular flexibility index (Phi) is 7.74. The Labute approximate surface area is 256 Å². The van der Waals surface area contributed by atoms with Gasteiger partial charge in [-0.25, -0.2) is 9.37 Å². The number of fused-ring (bicyclic) bond motifs is 2. The van der Waals surface area contributed by atoms with Crippen LogP contribution in [0.4, 0.5) is 4.39 Å². The van der Waals surface area contributed by atoms with Crippen molar-refractivity contribution >= 4 is 5.91 Å². The lowest BCUT2D eigenvalue weighted by Gasteiger charge is -2.38. The molecular weight excluding hydrogens is 557 g/mol. The highest BCUT2D eigenvalue weighted by molar-refractivity contribution is 5.90. The Hall–Kier alpha value is -4.34. The van der Waals surface area contributed by atoms with E-state index in [2.05, 4.69) is 30.1 Å². The fourth-order valence-electron chi connectivity index (χ4n) is 6.67. The summed E-state index contributed by atoms with van der Waals surface area (Å²) in [5.74, 6) is 0.0427. The minimum atomic E-state index is -0.357. The van der Waals surface area contributed by atoms with E-state index in [1.807, 2.05) is 17.1 Å². The van der Waals surface area contributed by atoms with Gasteiger partial charge in [0, 0.05) is 61.3 Å². The Morgan fingerprint density at radius 2 is 1.93 bits per heavy atom. The fraction of sp³-hybridized carbons (Fsp3) is 0.343. The predicted octanol–water partition coefficient (Wildman–Crippen LogP) is 5.15. The van der Waals surface area contributed by atoms with E-state index in [1.54, 1.807) is 18.1 Å². The zero-order valence-electron chi connectivity index (χ0n) is 24.9. The molecule has 1 saturated heterocycles. The Bertz CT molecular complexity index is 1740. The third-order valence-electron chi connectivity index (χ3n) is 8.99. The number of pyridine rings is 1. The number of hydrogen-bond acceptors (Lipinski definition) is 6. The molecule has 0 bridgehead atoms. The molecule has 9 heteroatoms. The molecule has 1 fully saturated rings. The van der Waals surface area contributed by atoms with E-state index in [0.717, 1.165) is 72.4 Å². The highest BCUT2D eigenvalue weighted by atomic mass is 19.1. The summed E-state index contributed by atoms with van der Waals surface area (Å²) in [7, 11) is 1.62. The van der Waals surface area contributed by atoms with Gasteiger partial charge in [0.2, 0.25) is 5.91 Å². The minimum Gasteiger partial charge on any atom is -0.490 e. The number of ether oxygens (including phenoxy) is 2. The summed E-state index contributed by atoms with van der Waals surface area (Å²) in [5.41, 5.74) is 10.7. The number of carbonyl (C=O) groups excluding carboxylic acids is 1. The smallest absolute Gasteiger partial charge is 0.246 e. The lowest BCUT2D eigenvalue weighted by Crippen LogP contribution is -2.50. The molecule has 4 heterocycles. The normalized spacial score (nSPS) is 15.9. The van der Waals surface area contributed by atoms with Crippen molar-refractivity contribution in [3.05, 3.63) is 89.5 Å². The molecular formula is C35H36FN5O3. The van der Waals surface area contributed by atoms with Crippen molar-refractivity contribution in [2.45, 2.75) is 38.3 Å². The molecule has 0 spiro atoms. The van der Waals surface area contributed by atoms with Crippen LogP contribution in [-0.2, 0) is 35.3 Å². The van der Waals surface area contributed by atoms with Crippen LogP contribution in [0.1, 0.15) is 34.7 Å². The second-order valence-electron chi connectivity index (χ2n) is 11.7. The molecule has 8 nitrogen and oxygen atoms in total. The molecule has 1 N–H and O–H groups in total. The predicted molar refractivity (Wildman–Crippen MR) is 167 cm³/mol. The first-order valence-electron chi connectivity index (χ1n) is 15.3. The first-order valence-corrected chi connectivity index (χ1v) is 15.3. The van der Waals surface area contributed by atoms with E-state index in [4.69, 9.17) is 19.6 Å². The van der Waals surface area contributed by atoms with E-state index >= 15 is 0 Å². The maximum absolute atomic E-state index is 14.6. The minimum absolute atomic E-state index is 0.0704. The molecule has 2 aliphatic heterocycles. The van der Waals surface area contributed by atoms with Crippen molar-refractivity contribution in [2.24, 2.45) is 0 Å². The molecule has 226 valence electrons. The van der Waals surface area contributed by atoms with E-state index in [1.165, 1.54) is 40.5 Å². The number of nitrogens with one attached hydrogen (secondary N) is 1. The number of halogens is 1. The number of rotatable bonds is 9. The summed E-state index contributed by atoms with van der Waals surface area (Å²) < 4.78 is 27.8. The number of nitrogens with zero attached hydrogens (tertiary/aromatic N) is 4. The standard InChI is InChI=1S/C35H36FN5O3/c1-3-32(42)40-20-27(21-40)41-19-25(18-38-41)35-33(30-10-9-26(36)16-31(30)44-14-13-43-2)28-5-4-6-29(28)34(39-35)23-7-8-24-17-37-12-11-22(24)15-23/h3,7-10,15-16,18-19,27,37H,1,4-6,11-14,17,20-21H2,2H3. The van der Waals surface area contributed by atoms with Gasteiger partial charge in [-0.3, -0.25) is 9.48 Å². The van der Waals surface area contributed by atoms with Gasteiger partial charge in [-0.2, -0.15) is 5.10 Å². The summed E-state index contributed by atoms with van der Waals surface area (Å²) in [6.45, 7) is 7.33. The average molecular weight is 594 g/mol. The van der Waals surface area contributed by atoms with Crippen LogP contribution in [-0.4, -0.2) is 65.5 Å². The van der Waals surface area contributed by atoms with Crippen molar-refractivity contribution in [3.8, 4) is 39.4 Å². The number of likely N-dealkylation sites (tertiary alicyclic amines) is 1. The second kappa shape index (κ2) is 12.0. The van der Waals surface area contributed by atoms with Crippen molar-refractivity contribution in [3.63, 3.8) is 0 Å². The van der Waals surface area contributed by atoms with Crippen molar-refractivity contribution < 1.29 is 18.7 Å². The monoisotopic (exact) mass is 593 g/mol. The summed E-state index contributed by atoms with van der Waals surface area (Å²) in [4.78, 5) is 19.2. The highest BCUT2D eigenvalue weighted by Crippen LogP contribution is 2.46. The number of methoxy groups -OCH3 is 1. The topological polar surface area (TPSA) is 81.5 Å². The molecule has 7 rings (SSSR count). The average Bonchev–Trinajstić information content (AvgIpc) is 3.70. The van der Waals surface area contributed by atoms with Crippen molar-refractivity contribution in [1.82, 2.24) is 25.0 Å². The van der Waals surface area contributed by atoms with Gasteiger partial charge in [0.15, 0.2) is 0 Å². The molecule has 4 aromatic rings. The first kappa shape index (κ1) is 28.4. The third kappa shape index (κ3) is 5.20. The molecule has 0 unspecified atom stereocenters. The lowest BCUT2D eigenvalue weighted by molar-refractivity contribution is -0.131. The van der Waals surface area contributed by atoms with Gasteiger partial charge in [-0.1, -0.05) is 18.7 Å². The SMILES string of the molecule is C=CC(=O)N1CC(n2cc(-c3nc(-c4ccc5c(c4)CCNC5)c4c(c3-c3ccc(F)cc3OCCOC)CCC4)cn2)C1. The molecule has 2 aromatic carbocycles. The van der Waals surface area contributed by atoms with Gasteiger partial charge >= 0.3 is 0 Å². The summed E-state index contributed by atoms with van der Waals surface area (Å²) in [6.07, 6.45) is 9.05. The van der Waals surface area contributed by atoms with Crippen LogP contribution >= 0.6 is 0 Å². The van der Waals surface area contributed by atoms with Gasteiger partial charge in [0.1, 0.15) is 18.2 Å². The van der Waals surface area contributed by atoms with Crippen LogP contribution in [0.2, 0.25) is 0 Å². The largest absolute Gasteiger partial charge is 0.490 e. The van der Waals surface area contributed by atoms with E-state index in [0.29, 0.717) is 32.1 Å². The molecule has 0 saturated carbocycles. The highest BCUT2D eigenvalue weighted by Gasteiger charge is 2.33. The van der Waals surface area contributed by atoms with Gasteiger partial charge in [0.25, 0.3) is 0 Å². The maximum atomic E-state index is 14.6. The van der Waals surface area contributed by atoms with Crippen LogP contribution in [0.15, 0.2) is 61.4 Å². The third-order valence-corrected chi connectivity index (χ3v) is 8.99. The molecule has 1 aliphatic carbocycles. The zero-order valence-corrected chi connectivity index (χ0v) is 24.9. The number of amides is 1.